The molecule has 2 aliphatic rings. The van der Waals surface area contributed by atoms with E-state index in [1.54, 1.807) is 0 Å². The minimum absolute atomic E-state index is 0.0448. The highest BCUT2D eigenvalue weighted by Crippen LogP contribution is 2.42. The molecule has 0 radical (unpaired) electrons. The second-order valence-corrected chi connectivity index (χ2v) is 10.9. The second kappa shape index (κ2) is 9.43. The molecule has 33 heavy (non-hydrogen) atoms. The molecule has 1 atom stereocenters. The summed E-state index contributed by atoms with van der Waals surface area (Å²) in [7, 11) is -3.70. The summed E-state index contributed by atoms with van der Waals surface area (Å²) in [6, 6.07) is 12.5. The predicted molar refractivity (Wildman–Crippen MR) is 124 cm³/mol. The van der Waals surface area contributed by atoms with Gasteiger partial charge in [0, 0.05) is 31.0 Å². The molecule has 1 N–H and O–H groups in total. The van der Waals surface area contributed by atoms with Gasteiger partial charge in [-0.05, 0) is 56.0 Å². The van der Waals surface area contributed by atoms with Crippen LogP contribution in [0.4, 0.5) is 4.39 Å². The standard InChI is InChI=1S/C25H31FN2O4S/c1-3-25(4-2)17-22(21-7-5-6-8-23(21)32-25)27-24(29)18-13-15-28(16-14-18)33(30,31)20-11-9-19(26)10-12-20/h5-12,18,22H,3-4,13-17H2,1-2H3,(H,27,29). The van der Waals surface area contributed by atoms with E-state index in [4.69, 9.17) is 4.74 Å². The molecule has 4 rings (SSSR count). The minimum Gasteiger partial charge on any atom is -0.487 e. The summed E-state index contributed by atoms with van der Waals surface area (Å²) in [5, 5.41) is 3.23. The number of piperidine rings is 1. The first-order valence-corrected chi connectivity index (χ1v) is 13.1. The topological polar surface area (TPSA) is 75.7 Å². The highest BCUT2D eigenvalue weighted by molar-refractivity contribution is 7.89. The van der Waals surface area contributed by atoms with Gasteiger partial charge in [0.15, 0.2) is 0 Å². The van der Waals surface area contributed by atoms with Gasteiger partial charge in [-0.25, -0.2) is 12.8 Å². The molecule has 1 fully saturated rings. The maximum absolute atomic E-state index is 13.2. The zero-order valence-electron chi connectivity index (χ0n) is 19.1. The van der Waals surface area contributed by atoms with Crippen LogP contribution in [0.15, 0.2) is 53.4 Å². The Morgan fingerprint density at radius 1 is 1.09 bits per heavy atom. The smallest absolute Gasteiger partial charge is 0.243 e. The van der Waals surface area contributed by atoms with E-state index < -0.39 is 15.8 Å². The summed E-state index contributed by atoms with van der Waals surface area (Å²) >= 11 is 0. The Bertz CT molecular complexity index is 1090. The van der Waals surface area contributed by atoms with E-state index in [-0.39, 0.29) is 41.5 Å². The van der Waals surface area contributed by atoms with Gasteiger partial charge in [0.2, 0.25) is 15.9 Å². The zero-order valence-corrected chi connectivity index (χ0v) is 19.9. The summed E-state index contributed by atoms with van der Waals surface area (Å²) in [5.74, 6) is 0.0427. The summed E-state index contributed by atoms with van der Waals surface area (Å²) in [4.78, 5) is 13.2. The number of hydrogen-bond acceptors (Lipinski definition) is 4. The number of carbonyl (C=O) groups is 1. The van der Waals surface area contributed by atoms with Crippen molar-refractivity contribution in [2.75, 3.05) is 13.1 Å². The van der Waals surface area contributed by atoms with Gasteiger partial charge in [-0.15, -0.1) is 0 Å². The van der Waals surface area contributed by atoms with Crippen LogP contribution >= 0.6 is 0 Å². The molecule has 1 unspecified atom stereocenters. The van der Waals surface area contributed by atoms with Crippen LogP contribution < -0.4 is 10.1 Å². The molecule has 8 heteroatoms. The Kier molecular flexibility index (Phi) is 6.77. The lowest BCUT2D eigenvalue weighted by Gasteiger charge is -2.42. The first-order chi connectivity index (χ1) is 15.8. The number of para-hydroxylation sites is 1. The molecule has 2 aromatic rings. The Balaban J connectivity index is 1.42. The van der Waals surface area contributed by atoms with E-state index >= 15 is 0 Å². The van der Waals surface area contributed by atoms with Crippen LogP contribution in [0.3, 0.4) is 0 Å². The number of amides is 1. The summed E-state index contributed by atoms with van der Waals surface area (Å²) in [6.45, 7) is 4.73. The fraction of sp³-hybridized carbons (Fsp3) is 0.480. The monoisotopic (exact) mass is 474 g/mol. The molecule has 0 spiro atoms. The Morgan fingerprint density at radius 3 is 2.36 bits per heavy atom. The molecule has 1 amide bonds. The molecule has 178 valence electrons. The van der Waals surface area contributed by atoms with Crippen molar-refractivity contribution in [2.24, 2.45) is 5.92 Å². The maximum atomic E-state index is 13.2. The number of nitrogens with one attached hydrogen (secondary N) is 1. The van der Waals surface area contributed by atoms with Crippen molar-refractivity contribution in [1.29, 1.82) is 0 Å². The lowest BCUT2D eigenvalue weighted by Crippen LogP contribution is -2.47. The number of nitrogens with zero attached hydrogens (tertiary/aromatic N) is 1. The third-order valence-corrected chi connectivity index (χ3v) is 8.99. The van der Waals surface area contributed by atoms with Gasteiger partial charge >= 0.3 is 0 Å². The highest BCUT2D eigenvalue weighted by Gasteiger charge is 2.40. The molecule has 2 aliphatic heterocycles. The van der Waals surface area contributed by atoms with E-state index in [0.29, 0.717) is 19.3 Å². The van der Waals surface area contributed by atoms with Crippen LogP contribution in [0.2, 0.25) is 0 Å². The molecule has 2 heterocycles. The molecule has 0 saturated carbocycles. The normalized spacial score (nSPS) is 21.1. The predicted octanol–water partition coefficient (Wildman–Crippen LogP) is 4.43. The highest BCUT2D eigenvalue weighted by atomic mass is 32.2. The van der Waals surface area contributed by atoms with Gasteiger partial charge in [0.05, 0.1) is 10.9 Å². The van der Waals surface area contributed by atoms with Crippen molar-refractivity contribution in [3.8, 4) is 5.75 Å². The number of carbonyl (C=O) groups excluding carboxylic acids is 1. The van der Waals surface area contributed by atoms with Crippen molar-refractivity contribution >= 4 is 15.9 Å². The summed E-state index contributed by atoms with van der Waals surface area (Å²) < 4.78 is 46.6. The van der Waals surface area contributed by atoms with Gasteiger partial charge < -0.3 is 10.1 Å². The SMILES string of the molecule is CCC1(CC)CC(NC(=O)C2CCN(S(=O)(=O)c3ccc(F)cc3)CC2)c2ccccc2O1. The number of rotatable bonds is 6. The van der Waals surface area contributed by atoms with Crippen molar-refractivity contribution in [3.63, 3.8) is 0 Å². The van der Waals surface area contributed by atoms with E-state index in [2.05, 4.69) is 19.2 Å². The maximum Gasteiger partial charge on any atom is 0.243 e. The number of halogens is 1. The van der Waals surface area contributed by atoms with E-state index in [1.807, 2.05) is 24.3 Å². The number of benzene rings is 2. The van der Waals surface area contributed by atoms with E-state index in [9.17, 15) is 17.6 Å². The number of hydrogen-bond donors (Lipinski definition) is 1. The zero-order chi connectivity index (χ0) is 23.6. The van der Waals surface area contributed by atoms with Gasteiger partial charge in [-0.1, -0.05) is 32.0 Å². The Labute approximate surface area is 195 Å². The average Bonchev–Trinajstić information content (AvgIpc) is 2.84. The average molecular weight is 475 g/mol. The van der Waals surface area contributed by atoms with Crippen LogP contribution in [-0.2, 0) is 14.8 Å². The third-order valence-electron chi connectivity index (χ3n) is 7.08. The molecule has 6 nitrogen and oxygen atoms in total. The molecule has 2 aromatic carbocycles. The summed E-state index contributed by atoms with van der Waals surface area (Å²) in [6.07, 6.45) is 3.31. The van der Waals surface area contributed by atoms with Crippen molar-refractivity contribution in [1.82, 2.24) is 9.62 Å². The van der Waals surface area contributed by atoms with Crippen LogP contribution in [0.25, 0.3) is 0 Å². The molecule has 0 aromatic heterocycles. The first-order valence-electron chi connectivity index (χ1n) is 11.6. The molecular formula is C25H31FN2O4S. The van der Waals surface area contributed by atoms with E-state index in [1.165, 1.54) is 16.4 Å². The van der Waals surface area contributed by atoms with Crippen molar-refractivity contribution < 1.29 is 22.3 Å². The molecule has 0 bridgehead atoms. The van der Waals surface area contributed by atoms with Gasteiger partial charge in [-0.3, -0.25) is 4.79 Å². The number of ether oxygens (including phenoxy) is 1. The Morgan fingerprint density at radius 2 is 1.73 bits per heavy atom. The lowest BCUT2D eigenvalue weighted by molar-refractivity contribution is -0.127. The van der Waals surface area contributed by atoms with Gasteiger partial charge in [-0.2, -0.15) is 4.31 Å². The van der Waals surface area contributed by atoms with Gasteiger partial charge in [0.1, 0.15) is 17.2 Å². The van der Waals surface area contributed by atoms with Crippen LogP contribution in [0.1, 0.15) is 57.6 Å². The second-order valence-electron chi connectivity index (χ2n) is 8.93. The first kappa shape index (κ1) is 23.7. The van der Waals surface area contributed by atoms with E-state index in [0.717, 1.165) is 36.3 Å². The third kappa shape index (κ3) is 4.77. The van der Waals surface area contributed by atoms with Crippen LogP contribution in [0.5, 0.6) is 5.75 Å². The molecular weight excluding hydrogens is 443 g/mol. The van der Waals surface area contributed by atoms with Gasteiger partial charge in [0.25, 0.3) is 0 Å². The van der Waals surface area contributed by atoms with Crippen molar-refractivity contribution in [2.45, 2.75) is 62.5 Å². The minimum atomic E-state index is -3.70. The fourth-order valence-corrected chi connectivity index (χ4v) is 6.30. The van der Waals surface area contributed by atoms with Crippen LogP contribution in [0, 0.1) is 11.7 Å². The fourth-order valence-electron chi connectivity index (χ4n) is 4.83. The number of fused-ring (bicyclic) bond motifs is 1. The summed E-state index contributed by atoms with van der Waals surface area (Å²) in [5.41, 5.74) is 0.679. The Hall–Kier alpha value is -2.45. The quantitative estimate of drug-likeness (QED) is 0.672. The lowest BCUT2D eigenvalue weighted by atomic mass is 9.83. The largest absolute Gasteiger partial charge is 0.487 e. The molecule has 0 aliphatic carbocycles. The van der Waals surface area contributed by atoms with Crippen LogP contribution in [-0.4, -0.2) is 37.3 Å². The molecule has 1 saturated heterocycles. The number of sulfonamides is 1. The van der Waals surface area contributed by atoms with Crippen molar-refractivity contribution in [3.05, 3.63) is 59.9 Å².